The molecule has 0 N–H and O–H groups in total. The van der Waals surface area contributed by atoms with Crippen LogP contribution in [0.2, 0.25) is 0 Å². The monoisotopic (exact) mass is 1360 g/mol. The highest BCUT2D eigenvalue weighted by Crippen LogP contribution is 2.52. The van der Waals surface area contributed by atoms with Crippen molar-refractivity contribution in [1.29, 1.82) is 0 Å². The molecule has 2 aliphatic heterocycles. The quantitative estimate of drug-likeness (QED) is 0.0995. The maximum atomic E-state index is 2.71. The van der Waals surface area contributed by atoms with Crippen LogP contribution >= 0.6 is 0 Å². The summed E-state index contributed by atoms with van der Waals surface area (Å²) in [5.41, 5.74) is 33.5. The summed E-state index contributed by atoms with van der Waals surface area (Å²) < 4.78 is 0. The zero-order valence-electron chi connectivity index (χ0n) is 63.2. The van der Waals surface area contributed by atoms with Gasteiger partial charge in [0.2, 0.25) is 13.4 Å². The Bertz CT molecular complexity index is 5710. The first-order valence-corrected chi connectivity index (χ1v) is 38.0. The van der Waals surface area contributed by atoms with Gasteiger partial charge in [0.1, 0.15) is 0 Å². The summed E-state index contributed by atoms with van der Waals surface area (Å²) in [7, 11) is 0. The molecule has 17 rings (SSSR count). The Morgan fingerprint density at radius 3 is 0.915 bits per heavy atom. The van der Waals surface area contributed by atoms with E-state index in [9.17, 15) is 0 Å². The Balaban J connectivity index is 1.02. The molecule has 0 unspecified atom stereocenters. The van der Waals surface area contributed by atoms with E-state index in [0.717, 1.165) is 34.0 Å². The summed E-state index contributed by atoms with van der Waals surface area (Å²) in [6.07, 6.45) is 0. The lowest BCUT2D eigenvalue weighted by atomic mass is 9.31. The number of rotatable bonds is 10. The molecule has 2 nitrogen and oxygen atoms in total. The SMILES string of the molecule is CC(C)(C)c1cc(N2c3ccccc3B(c3ccccc3-c3ccccc3)c3cc4c(cc32)N(c2cc(C(C)(C)C)cc(C(C)(C)C)c2)c2cc(-c3c5ccccc5c(-c5c(-c6ccccc6)cccc5-c5ccccc5)c5ccccc35)ccc2B4c2ccccc2-c2ccccc2)cc(C(C)(C)C)c1. The van der Waals surface area contributed by atoms with Crippen molar-refractivity contribution in [3.05, 3.63) is 350 Å². The van der Waals surface area contributed by atoms with Gasteiger partial charge in [0, 0.05) is 34.1 Å². The van der Waals surface area contributed by atoms with E-state index in [0.29, 0.717) is 0 Å². The lowest BCUT2D eigenvalue weighted by Gasteiger charge is -2.43. The Hall–Kier alpha value is -11.5. The molecule has 0 atom stereocenters. The fraction of sp³-hybridized carbons (Fsp3) is 0.157. The van der Waals surface area contributed by atoms with Crippen molar-refractivity contribution in [1.82, 2.24) is 0 Å². The van der Waals surface area contributed by atoms with E-state index in [2.05, 4.69) is 420 Å². The van der Waals surface area contributed by atoms with Crippen molar-refractivity contribution in [2.24, 2.45) is 0 Å². The molecule has 4 heteroatoms. The summed E-state index contributed by atoms with van der Waals surface area (Å²) in [5, 5.41) is 4.82. The van der Waals surface area contributed by atoms with E-state index >= 15 is 0 Å². The van der Waals surface area contributed by atoms with E-state index < -0.39 is 0 Å². The van der Waals surface area contributed by atoms with Crippen LogP contribution in [0.25, 0.3) is 88.3 Å². The summed E-state index contributed by atoms with van der Waals surface area (Å²) in [6.45, 7) is 28.1. The average Bonchev–Trinajstić information content (AvgIpc) is 0.702. The molecule has 0 amide bonds. The summed E-state index contributed by atoms with van der Waals surface area (Å²) in [4.78, 5) is 5.36. The van der Waals surface area contributed by atoms with Crippen molar-refractivity contribution >= 4 is 102 Å². The molecule has 0 saturated heterocycles. The molecule has 0 bridgehead atoms. The van der Waals surface area contributed by atoms with Gasteiger partial charge in [-0.1, -0.05) is 379 Å². The van der Waals surface area contributed by atoms with Crippen molar-refractivity contribution in [3.63, 3.8) is 0 Å². The first-order chi connectivity index (χ1) is 51.2. The van der Waals surface area contributed by atoms with Gasteiger partial charge in [-0.15, -0.1) is 0 Å². The zero-order chi connectivity index (χ0) is 73.0. The van der Waals surface area contributed by atoms with Crippen LogP contribution in [0.1, 0.15) is 105 Å². The van der Waals surface area contributed by atoms with E-state index in [1.54, 1.807) is 0 Å². The normalized spacial score (nSPS) is 13.0. The number of hydrogen-bond donors (Lipinski definition) is 0. The smallest absolute Gasteiger partial charge is 0.247 e. The van der Waals surface area contributed by atoms with Gasteiger partial charge in [0.15, 0.2) is 0 Å². The third kappa shape index (κ3) is 12.0. The predicted molar refractivity (Wildman–Crippen MR) is 460 cm³/mol. The van der Waals surface area contributed by atoms with Crippen LogP contribution in [0.5, 0.6) is 0 Å². The number of hydrogen-bond acceptors (Lipinski definition) is 2. The van der Waals surface area contributed by atoms with Crippen LogP contribution in [-0.4, -0.2) is 13.4 Å². The number of benzene rings is 15. The van der Waals surface area contributed by atoms with Gasteiger partial charge in [-0.2, -0.15) is 0 Å². The van der Waals surface area contributed by atoms with Crippen LogP contribution in [0.15, 0.2) is 328 Å². The number of para-hydroxylation sites is 1. The topological polar surface area (TPSA) is 6.48 Å². The lowest BCUT2D eigenvalue weighted by Crippen LogP contribution is -2.62. The van der Waals surface area contributed by atoms with Crippen LogP contribution in [0, 0.1) is 0 Å². The second-order valence-corrected chi connectivity index (χ2v) is 33.6. The average molecular weight is 1370 g/mol. The van der Waals surface area contributed by atoms with Crippen molar-refractivity contribution < 1.29 is 0 Å². The molecular weight excluding hydrogens is 1270 g/mol. The molecule has 0 saturated carbocycles. The molecule has 514 valence electrons. The molecule has 2 aliphatic rings. The molecule has 0 fully saturated rings. The molecule has 0 aromatic heterocycles. The van der Waals surface area contributed by atoms with Gasteiger partial charge >= 0.3 is 0 Å². The summed E-state index contributed by atoms with van der Waals surface area (Å²) in [5.74, 6) is 0. The fourth-order valence-electron chi connectivity index (χ4n) is 17.1. The largest absolute Gasteiger partial charge is 0.311 e. The molecule has 15 aromatic carbocycles. The highest BCUT2D eigenvalue weighted by atomic mass is 15.2. The Morgan fingerprint density at radius 2 is 0.509 bits per heavy atom. The van der Waals surface area contributed by atoms with Gasteiger partial charge in [0.05, 0.1) is 0 Å². The van der Waals surface area contributed by atoms with E-state index in [-0.39, 0.29) is 35.1 Å². The van der Waals surface area contributed by atoms with Gasteiger partial charge in [0.25, 0.3) is 0 Å². The minimum absolute atomic E-state index is 0.143. The lowest BCUT2D eigenvalue weighted by molar-refractivity contribution is 0.568. The summed E-state index contributed by atoms with van der Waals surface area (Å²) in [6, 6.07) is 125. The van der Waals surface area contributed by atoms with Crippen molar-refractivity contribution in [2.45, 2.75) is 105 Å². The highest BCUT2D eigenvalue weighted by molar-refractivity contribution is 7.01. The van der Waals surface area contributed by atoms with Gasteiger partial charge in [-0.25, -0.2) is 0 Å². The molecule has 0 radical (unpaired) electrons. The van der Waals surface area contributed by atoms with Crippen LogP contribution in [0.3, 0.4) is 0 Å². The first-order valence-electron chi connectivity index (χ1n) is 38.0. The van der Waals surface area contributed by atoms with Gasteiger partial charge in [-0.05, 0) is 197 Å². The number of nitrogens with zero attached hydrogens (tertiary/aromatic N) is 2. The van der Waals surface area contributed by atoms with Crippen LogP contribution in [0.4, 0.5) is 34.1 Å². The predicted octanol–water partition coefficient (Wildman–Crippen LogP) is 23.8. The fourth-order valence-corrected chi connectivity index (χ4v) is 17.1. The van der Waals surface area contributed by atoms with Crippen LogP contribution < -0.4 is 42.6 Å². The standard InChI is InChI=1S/C102H90B2N2/c1-99(2,3)72-59-73(100(4,5)6)62-76(61-72)105-92-55-34-33-54-88(92)103(86-52-31-29-44-78(86)67-36-17-13-18-37-67)90-65-91-95(66-94(90)105)106(77-63-74(101(7,8)9)60-75(64-77)102(10,11)12)93-58-71(56-57-89(93)104(91)87-53-32-30-45-79(87)68-38-19-14-20-39-68)96-82-46-25-27-48-84(82)98(85-49-28-26-47-83(85)96)97-80(69-40-21-15-22-41-69)50-35-51-81(97)70-42-23-16-24-43-70/h13-66H,1-12H3. The Kier molecular flexibility index (Phi) is 16.8. The molecular formula is C102H90B2N2. The third-order valence-electron chi connectivity index (χ3n) is 22.6. The third-order valence-corrected chi connectivity index (χ3v) is 22.6. The van der Waals surface area contributed by atoms with Crippen LogP contribution in [-0.2, 0) is 21.7 Å². The minimum atomic E-state index is -0.237. The molecule has 106 heavy (non-hydrogen) atoms. The van der Waals surface area contributed by atoms with Crippen molar-refractivity contribution in [3.8, 4) is 66.8 Å². The molecule has 0 aliphatic carbocycles. The van der Waals surface area contributed by atoms with Gasteiger partial charge < -0.3 is 9.80 Å². The maximum absolute atomic E-state index is 2.71. The Morgan fingerprint density at radius 1 is 0.198 bits per heavy atom. The van der Waals surface area contributed by atoms with E-state index in [1.807, 2.05) is 0 Å². The second kappa shape index (κ2) is 26.3. The van der Waals surface area contributed by atoms with Crippen molar-refractivity contribution in [2.75, 3.05) is 9.80 Å². The van der Waals surface area contributed by atoms with E-state index in [4.69, 9.17) is 0 Å². The molecule has 0 spiro atoms. The Labute approximate surface area is 628 Å². The molecule has 15 aromatic rings. The highest BCUT2D eigenvalue weighted by Gasteiger charge is 2.44. The maximum Gasteiger partial charge on any atom is 0.247 e. The zero-order valence-corrected chi connectivity index (χ0v) is 63.2. The second-order valence-electron chi connectivity index (χ2n) is 33.6. The minimum Gasteiger partial charge on any atom is -0.311 e. The summed E-state index contributed by atoms with van der Waals surface area (Å²) >= 11 is 0. The number of anilines is 6. The van der Waals surface area contributed by atoms with E-state index in [1.165, 1.54) is 143 Å². The number of fused-ring (bicyclic) bond motifs is 6. The molecule has 2 heterocycles. The first kappa shape index (κ1) is 67.7. The van der Waals surface area contributed by atoms with Gasteiger partial charge in [-0.3, -0.25) is 0 Å².